The highest BCUT2D eigenvalue weighted by Crippen LogP contribution is 2.43. The van der Waals surface area contributed by atoms with Crippen LogP contribution in [0.15, 0.2) is 132 Å². The van der Waals surface area contributed by atoms with E-state index < -0.39 is 14.0 Å². The van der Waals surface area contributed by atoms with Gasteiger partial charge in [-0.05, 0) is 88.6 Å². The Morgan fingerprint density at radius 2 is 1.14 bits per heavy atom. The Balaban J connectivity index is 0.000000130. The average Bonchev–Trinajstić information content (AvgIpc) is 3.96. The molecule has 0 amide bonds. The van der Waals surface area contributed by atoms with E-state index in [-0.39, 0.29) is 12.3 Å². The lowest BCUT2D eigenvalue weighted by Crippen LogP contribution is -2.36. The lowest BCUT2D eigenvalue weighted by molar-refractivity contribution is 0.383. The van der Waals surface area contributed by atoms with E-state index in [9.17, 15) is 0 Å². The van der Waals surface area contributed by atoms with E-state index in [0.717, 1.165) is 45.0 Å². The molecule has 0 spiro atoms. The van der Waals surface area contributed by atoms with E-state index in [0.29, 0.717) is 23.6 Å². The maximum atomic E-state index is 7.79. The second-order valence-electron chi connectivity index (χ2n) is 14.6. The van der Waals surface area contributed by atoms with Gasteiger partial charge in [-0.15, -0.1) is 0 Å². The van der Waals surface area contributed by atoms with Crippen molar-refractivity contribution in [2.45, 2.75) is 60.0 Å². The molecule has 3 aliphatic heterocycles. The van der Waals surface area contributed by atoms with Gasteiger partial charge in [0.2, 0.25) is 0 Å². The van der Waals surface area contributed by atoms with E-state index >= 15 is 0 Å². The molecular formula is C47H51N9O. The molecule has 0 unspecified atom stereocenters. The van der Waals surface area contributed by atoms with Crippen LogP contribution in [0.25, 0.3) is 21.9 Å². The third-order valence-corrected chi connectivity index (χ3v) is 11.1. The van der Waals surface area contributed by atoms with Gasteiger partial charge in [-0.3, -0.25) is 0 Å². The molecule has 4 aromatic carbocycles. The van der Waals surface area contributed by atoms with Gasteiger partial charge in [0.1, 0.15) is 24.1 Å². The molecule has 0 N–H and O–H groups in total. The highest BCUT2D eigenvalue weighted by molar-refractivity contribution is 6.09. The van der Waals surface area contributed by atoms with Crippen LogP contribution in [-0.4, -0.2) is 59.3 Å². The van der Waals surface area contributed by atoms with Crippen LogP contribution in [0.4, 0.5) is 40.2 Å². The Labute approximate surface area is 344 Å². The SMILES string of the molecule is Cc1ccc2c(oc3ccccc32)c1N1C=CN(C)[C@@H]1C.[2H]C([2H])([2H])N1c2ncccc2N(c2ccccc2C)[C@H]1C.[2H]C([2H])([2H])N1c2nccnc2N(c2ccccc2C)[C@H]1C. The van der Waals surface area contributed by atoms with Gasteiger partial charge in [-0.1, -0.05) is 66.7 Å². The molecule has 3 atom stereocenters. The van der Waals surface area contributed by atoms with Crippen molar-refractivity contribution in [1.82, 2.24) is 19.9 Å². The van der Waals surface area contributed by atoms with E-state index in [1.807, 2.05) is 110 Å². The first kappa shape index (κ1) is 30.6. The minimum absolute atomic E-state index is 0.294. The van der Waals surface area contributed by atoms with Crippen LogP contribution in [0.3, 0.4) is 0 Å². The summed E-state index contributed by atoms with van der Waals surface area (Å²) in [5.74, 6) is 1.48. The molecule has 0 fully saturated rings. The minimum Gasteiger partial charge on any atom is -0.454 e. The molecule has 0 bridgehead atoms. The molecule has 3 aromatic heterocycles. The smallest absolute Gasteiger partial charge is 0.178 e. The number of rotatable bonds is 3. The van der Waals surface area contributed by atoms with Crippen LogP contribution in [-0.2, 0) is 0 Å². The van der Waals surface area contributed by atoms with Crippen molar-refractivity contribution in [3.8, 4) is 0 Å². The molecule has 290 valence electrons. The van der Waals surface area contributed by atoms with Crippen molar-refractivity contribution in [3.63, 3.8) is 0 Å². The standard InChI is InChI=1S/C18H18N2O.C15H17N3.C14H16N4/c1-12-8-9-15-14-6-4-5-7-16(14)21-18(15)17(12)20-11-10-19(3)13(20)2;1-11-7-4-5-8-13(11)18-12(2)17(3)15-14(18)9-6-10-16-15;1-10-6-4-5-7-12(10)18-11(2)17(3)13-14(18)16-9-8-15-13/h4-11,13H,1-3H3;4-10,12H,1-3H3;4-9,11H,1-3H3/t13-;12-;11-/m000/s1/i;2*3D3. The normalized spacial score (nSPS) is 20.2. The van der Waals surface area contributed by atoms with E-state index in [2.05, 4.69) is 82.3 Å². The highest BCUT2D eigenvalue weighted by atomic mass is 16.3. The predicted molar refractivity (Wildman–Crippen MR) is 236 cm³/mol. The summed E-state index contributed by atoms with van der Waals surface area (Å²) in [6, 6.07) is 32.1. The number of benzene rings is 4. The molecule has 57 heavy (non-hydrogen) atoms. The number of para-hydroxylation sites is 3. The van der Waals surface area contributed by atoms with Gasteiger partial charge in [0.25, 0.3) is 0 Å². The monoisotopic (exact) mass is 763 g/mol. The third-order valence-electron chi connectivity index (χ3n) is 11.1. The van der Waals surface area contributed by atoms with Crippen LogP contribution < -0.4 is 24.5 Å². The van der Waals surface area contributed by atoms with Gasteiger partial charge >= 0.3 is 0 Å². The van der Waals surface area contributed by atoms with Gasteiger partial charge in [-0.2, -0.15) is 0 Å². The maximum Gasteiger partial charge on any atom is 0.178 e. The molecule has 10 heteroatoms. The Morgan fingerprint density at radius 1 is 0.544 bits per heavy atom. The Hall–Kier alpha value is -6.55. The molecular weight excluding hydrogens is 707 g/mol. The molecule has 10 rings (SSSR count). The van der Waals surface area contributed by atoms with Crippen molar-refractivity contribution >= 4 is 62.1 Å². The van der Waals surface area contributed by atoms with E-state index in [1.54, 1.807) is 12.4 Å². The molecule has 6 heterocycles. The third kappa shape index (κ3) is 6.54. The summed E-state index contributed by atoms with van der Waals surface area (Å²) < 4.78 is 52.8. The number of hydrogen-bond acceptors (Lipinski definition) is 10. The zero-order chi connectivity index (χ0) is 45.0. The molecule has 10 nitrogen and oxygen atoms in total. The molecule has 3 aliphatic rings. The van der Waals surface area contributed by atoms with Crippen molar-refractivity contribution in [2.75, 3.05) is 45.5 Å². The summed E-state index contributed by atoms with van der Waals surface area (Å²) in [4.78, 5) is 24.0. The second-order valence-corrected chi connectivity index (χ2v) is 14.6. The average molecular weight is 764 g/mol. The predicted octanol–water partition coefficient (Wildman–Crippen LogP) is 10.5. The van der Waals surface area contributed by atoms with Gasteiger partial charge in [-0.25, -0.2) is 15.0 Å². The lowest BCUT2D eigenvalue weighted by atomic mass is 10.1. The topological polar surface area (TPSA) is 71.3 Å². The molecule has 0 saturated carbocycles. The van der Waals surface area contributed by atoms with Crippen LogP contribution >= 0.6 is 0 Å². The number of fused-ring (bicyclic) bond motifs is 5. The summed E-state index contributed by atoms with van der Waals surface area (Å²) in [6.45, 7) is 7.61. The summed E-state index contributed by atoms with van der Waals surface area (Å²) in [5.41, 5.74) is 9.26. The first-order valence-electron chi connectivity index (χ1n) is 22.1. The number of aryl methyl sites for hydroxylation is 3. The summed E-state index contributed by atoms with van der Waals surface area (Å²) in [6.07, 6.45) is 8.56. The zero-order valence-corrected chi connectivity index (χ0v) is 33.3. The second kappa shape index (κ2) is 15.2. The number of furan rings is 1. The largest absolute Gasteiger partial charge is 0.454 e. The number of aromatic nitrogens is 3. The van der Waals surface area contributed by atoms with Crippen LogP contribution in [0.2, 0.25) is 0 Å². The van der Waals surface area contributed by atoms with Gasteiger partial charge < -0.3 is 33.8 Å². The van der Waals surface area contributed by atoms with Crippen LogP contribution in [0.1, 0.15) is 45.7 Å². The van der Waals surface area contributed by atoms with E-state index in [4.69, 9.17) is 12.6 Å². The fourth-order valence-corrected chi connectivity index (χ4v) is 7.78. The van der Waals surface area contributed by atoms with Crippen molar-refractivity contribution in [3.05, 3.63) is 145 Å². The minimum atomic E-state index is -2.26. The van der Waals surface area contributed by atoms with Gasteiger partial charge in [0, 0.05) is 82.4 Å². The molecule has 0 saturated heterocycles. The van der Waals surface area contributed by atoms with Crippen molar-refractivity contribution in [2.24, 2.45) is 0 Å². The Kier molecular flexibility index (Phi) is 8.16. The molecule has 0 radical (unpaired) electrons. The van der Waals surface area contributed by atoms with Crippen LogP contribution in [0.5, 0.6) is 0 Å². The molecule has 0 aliphatic carbocycles. The quantitative estimate of drug-likeness (QED) is 0.174. The summed E-state index contributed by atoms with van der Waals surface area (Å²) in [7, 11) is 2.09. The van der Waals surface area contributed by atoms with Crippen LogP contribution in [0, 0.1) is 20.8 Å². The van der Waals surface area contributed by atoms with Gasteiger partial charge in [0.05, 0.1) is 11.4 Å². The number of hydrogen-bond donors (Lipinski definition) is 0. The maximum absolute atomic E-state index is 7.79. The Bertz CT molecular complexity index is 2690. The number of nitrogens with zero attached hydrogens (tertiary/aromatic N) is 9. The number of pyridine rings is 1. The van der Waals surface area contributed by atoms with Crippen molar-refractivity contribution in [1.29, 1.82) is 0 Å². The summed E-state index contributed by atoms with van der Waals surface area (Å²) >= 11 is 0. The first-order chi connectivity index (χ1) is 30.0. The first-order valence-corrected chi connectivity index (χ1v) is 19.1. The zero-order valence-electron chi connectivity index (χ0n) is 39.3. The fourth-order valence-electron chi connectivity index (χ4n) is 7.78. The fraction of sp³-hybridized carbons (Fsp3) is 0.255. The lowest BCUT2D eigenvalue weighted by Gasteiger charge is -2.28. The highest BCUT2D eigenvalue weighted by Gasteiger charge is 2.35. The Morgan fingerprint density at radius 3 is 1.82 bits per heavy atom. The van der Waals surface area contributed by atoms with E-state index in [1.165, 1.54) is 32.3 Å². The van der Waals surface area contributed by atoms with Gasteiger partial charge in [0.15, 0.2) is 23.0 Å². The number of anilines is 7. The summed E-state index contributed by atoms with van der Waals surface area (Å²) in [5, 5.41) is 2.36. The van der Waals surface area contributed by atoms with Crippen molar-refractivity contribution < 1.29 is 12.6 Å². The molecule has 7 aromatic rings.